The Balaban J connectivity index is 1.70. The van der Waals surface area contributed by atoms with Crippen LogP contribution in [-0.2, 0) is 5.75 Å². The van der Waals surface area contributed by atoms with E-state index in [0.717, 1.165) is 17.1 Å². The van der Waals surface area contributed by atoms with Gasteiger partial charge in [0.25, 0.3) is 5.91 Å². The minimum Gasteiger partial charge on any atom is -0.472 e. The minimum absolute atomic E-state index is 0.128. The predicted molar refractivity (Wildman–Crippen MR) is 78.4 cm³/mol. The quantitative estimate of drug-likeness (QED) is 0.829. The van der Waals surface area contributed by atoms with E-state index in [2.05, 4.69) is 11.4 Å². The van der Waals surface area contributed by atoms with E-state index in [1.54, 1.807) is 17.8 Å². The van der Waals surface area contributed by atoms with Crippen molar-refractivity contribution in [2.75, 3.05) is 12.3 Å². The SMILES string of the molecule is N#Cc1ccccc1CSCCNC(=O)c1ccoc1. The van der Waals surface area contributed by atoms with Crippen molar-refractivity contribution in [3.05, 3.63) is 59.5 Å². The van der Waals surface area contributed by atoms with Gasteiger partial charge in [-0.1, -0.05) is 18.2 Å². The maximum Gasteiger partial charge on any atom is 0.254 e. The highest BCUT2D eigenvalue weighted by Crippen LogP contribution is 2.15. The van der Waals surface area contributed by atoms with Gasteiger partial charge in [0.1, 0.15) is 6.26 Å². The van der Waals surface area contributed by atoms with Gasteiger partial charge in [-0.25, -0.2) is 0 Å². The first-order chi connectivity index (χ1) is 9.81. The molecule has 2 aromatic rings. The van der Waals surface area contributed by atoms with Gasteiger partial charge in [0.15, 0.2) is 0 Å². The largest absolute Gasteiger partial charge is 0.472 e. The summed E-state index contributed by atoms with van der Waals surface area (Å²) in [6, 6.07) is 11.4. The average molecular weight is 286 g/mol. The maximum atomic E-state index is 11.6. The molecule has 0 spiro atoms. The van der Waals surface area contributed by atoms with Crippen LogP contribution in [0.5, 0.6) is 0 Å². The number of nitriles is 1. The van der Waals surface area contributed by atoms with Crippen LogP contribution < -0.4 is 5.32 Å². The Bertz CT molecular complexity index is 603. The summed E-state index contributed by atoms with van der Waals surface area (Å²) in [4.78, 5) is 11.6. The van der Waals surface area contributed by atoms with Crippen LogP contribution in [0.3, 0.4) is 0 Å². The number of hydrogen-bond acceptors (Lipinski definition) is 4. The lowest BCUT2D eigenvalue weighted by atomic mass is 10.1. The summed E-state index contributed by atoms with van der Waals surface area (Å²) in [5, 5.41) is 11.8. The maximum absolute atomic E-state index is 11.6. The molecule has 102 valence electrons. The van der Waals surface area contributed by atoms with Crippen molar-refractivity contribution in [3.63, 3.8) is 0 Å². The molecule has 0 unspecified atom stereocenters. The molecule has 0 bridgehead atoms. The Morgan fingerprint density at radius 1 is 1.35 bits per heavy atom. The van der Waals surface area contributed by atoms with Gasteiger partial charge in [-0.05, 0) is 17.7 Å². The fraction of sp³-hybridized carbons (Fsp3) is 0.200. The van der Waals surface area contributed by atoms with E-state index in [9.17, 15) is 4.79 Å². The van der Waals surface area contributed by atoms with Crippen molar-refractivity contribution in [2.24, 2.45) is 0 Å². The molecule has 0 saturated heterocycles. The standard InChI is InChI=1S/C15H14N2O2S/c16-9-12-3-1-2-4-14(12)11-20-8-6-17-15(18)13-5-7-19-10-13/h1-5,7,10H,6,8,11H2,(H,17,18). The van der Waals surface area contributed by atoms with Crippen LogP contribution in [0.4, 0.5) is 0 Å². The van der Waals surface area contributed by atoms with Gasteiger partial charge in [0, 0.05) is 18.1 Å². The summed E-state index contributed by atoms with van der Waals surface area (Å²) < 4.78 is 4.85. The van der Waals surface area contributed by atoms with Gasteiger partial charge in [-0.3, -0.25) is 4.79 Å². The molecule has 1 heterocycles. The van der Waals surface area contributed by atoms with Crippen molar-refractivity contribution >= 4 is 17.7 Å². The number of rotatable bonds is 6. The Kier molecular flexibility index (Phi) is 5.27. The number of hydrogen-bond donors (Lipinski definition) is 1. The normalized spacial score (nSPS) is 9.95. The first-order valence-corrected chi connectivity index (χ1v) is 7.33. The summed E-state index contributed by atoms with van der Waals surface area (Å²) >= 11 is 1.69. The molecule has 1 aromatic heterocycles. The summed E-state index contributed by atoms with van der Waals surface area (Å²) in [5.41, 5.74) is 2.27. The van der Waals surface area contributed by atoms with Crippen LogP contribution in [0, 0.1) is 11.3 Å². The van der Waals surface area contributed by atoms with Crippen LogP contribution in [0.2, 0.25) is 0 Å². The van der Waals surface area contributed by atoms with Crippen LogP contribution in [0.1, 0.15) is 21.5 Å². The average Bonchev–Trinajstić information content (AvgIpc) is 3.01. The first kappa shape index (κ1) is 14.2. The first-order valence-electron chi connectivity index (χ1n) is 6.17. The molecule has 0 radical (unpaired) electrons. The number of benzene rings is 1. The van der Waals surface area contributed by atoms with E-state index in [4.69, 9.17) is 9.68 Å². The lowest BCUT2D eigenvalue weighted by molar-refractivity contribution is 0.0955. The molecule has 1 aromatic carbocycles. The molecule has 5 heteroatoms. The Labute approximate surface area is 121 Å². The predicted octanol–water partition coefficient (Wildman–Crippen LogP) is 2.81. The number of carbonyl (C=O) groups excluding carboxylic acids is 1. The molecule has 1 amide bonds. The number of nitrogens with zero attached hydrogens (tertiary/aromatic N) is 1. The monoisotopic (exact) mass is 286 g/mol. The van der Waals surface area contributed by atoms with E-state index in [1.165, 1.54) is 12.5 Å². The zero-order valence-corrected chi connectivity index (χ0v) is 11.7. The topological polar surface area (TPSA) is 66.0 Å². The van der Waals surface area contributed by atoms with Crippen molar-refractivity contribution in [2.45, 2.75) is 5.75 Å². The van der Waals surface area contributed by atoms with Crippen LogP contribution in [0.15, 0.2) is 47.3 Å². The highest BCUT2D eigenvalue weighted by molar-refractivity contribution is 7.98. The van der Waals surface area contributed by atoms with Gasteiger partial charge >= 0.3 is 0 Å². The smallest absolute Gasteiger partial charge is 0.254 e. The Hall–Kier alpha value is -2.19. The van der Waals surface area contributed by atoms with E-state index in [0.29, 0.717) is 17.7 Å². The van der Waals surface area contributed by atoms with Crippen LogP contribution in [-0.4, -0.2) is 18.2 Å². The van der Waals surface area contributed by atoms with Crippen LogP contribution in [0.25, 0.3) is 0 Å². The highest BCUT2D eigenvalue weighted by Gasteiger charge is 2.05. The molecule has 2 rings (SSSR count). The zero-order chi connectivity index (χ0) is 14.2. The molecular formula is C15H14N2O2S. The van der Waals surface area contributed by atoms with Gasteiger partial charge in [0.2, 0.25) is 0 Å². The molecule has 0 aliphatic carbocycles. The van der Waals surface area contributed by atoms with Crippen molar-refractivity contribution in [3.8, 4) is 6.07 Å². The fourth-order valence-corrected chi connectivity index (χ4v) is 2.53. The molecule has 0 fully saturated rings. The van der Waals surface area contributed by atoms with E-state index < -0.39 is 0 Å². The van der Waals surface area contributed by atoms with E-state index in [-0.39, 0.29) is 5.91 Å². The molecule has 0 aliphatic rings. The van der Waals surface area contributed by atoms with E-state index in [1.807, 2.05) is 24.3 Å². The van der Waals surface area contributed by atoms with E-state index >= 15 is 0 Å². The lowest BCUT2D eigenvalue weighted by Gasteiger charge is -2.05. The summed E-state index contributed by atoms with van der Waals surface area (Å²) in [6.07, 6.45) is 2.90. The molecular weight excluding hydrogens is 272 g/mol. The second kappa shape index (κ2) is 7.41. The summed E-state index contributed by atoms with van der Waals surface area (Å²) in [6.45, 7) is 0.587. The van der Waals surface area contributed by atoms with Gasteiger partial charge in [-0.2, -0.15) is 17.0 Å². The minimum atomic E-state index is -0.128. The van der Waals surface area contributed by atoms with Gasteiger partial charge in [0.05, 0.1) is 23.5 Å². The zero-order valence-electron chi connectivity index (χ0n) is 10.8. The van der Waals surface area contributed by atoms with Crippen molar-refractivity contribution in [1.82, 2.24) is 5.32 Å². The highest BCUT2D eigenvalue weighted by atomic mass is 32.2. The number of nitrogens with one attached hydrogen (secondary N) is 1. The fourth-order valence-electron chi connectivity index (χ4n) is 1.67. The number of carbonyl (C=O) groups is 1. The number of amides is 1. The molecule has 20 heavy (non-hydrogen) atoms. The molecule has 0 saturated carbocycles. The molecule has 1 N–H and O–H groups in total. The van der Waals surface area contributed by atoms with Crippen LogP contribution >= 0.6 is 11.8 Å². The summed E-state index contributed by atoms with van der Waals surface area (Å²) in [7, 11) is 0. The number of furan rings is 1. The second-order valence-electron chi connectivity index (χ2n) is 4.09. The van der Waals surface area contributed by atoms with Crippen molar-refractivity contribution in [1.29, 1.82) is 5.26 Å². The van der Waals surface area contributed by atoms with Gasteiger partial charge < -0.3 is 9.73 Å². The molecule has 4 nitrogen and oxygen atoms in total. The van der Waals surface area contributed by atoms with Gasteiger partial charge in [-0.15, -0.1) is 0 Å². The third-order valence-corrected chi connectivity index (χ3v) is 3.72. The second-order valence-corrected chi connectivity index (χ2v) is 5.19. The molecule has 0 atom stereocenters. The lowest BCUT2D eigenvalue weighted by Crippen LogP contribution is -2.25. The third-order valence-electron chi connectivity index (χ3n) is 2.71. The van der Waals surface area contributed by atoms with Crippen molar-refractivity contribution < 1.29 is 9.21 Å². The molecule has 0 aliphatic heterocycles. The summed E-state index contributed by atoms with van der Waals surface area (Å²) in [5.74, 6) is 1.44. The Morgan fingerprint density at radius 3 is 2.95 bits per heavy atom. The Morgan fingerprint density at radius 2 is 2.20 bits per heavy atom. The third kappa shape index (κ3) is 3.90. The number of thioether (sulfide) groups is 1.